The first-order valence-corrected chi connectivity index (χ1v) is 7.14. The van der Waals surface area contributed by atoms with E-state index in [0.29, 0.717) is 11.6 Å². The van der Waals surface area contributed by atoms with Gasteiger partial charge < -0.3 is 10.3 Å². The van der Waals surface area contributed by atoms with Crippen molar-refractivity contribution in [1.82, 2.24) is 0 Å². The number of rotatable bonds is 1. The lowest BCUT2D eigenvalue weighted by atomic mass is 9.67. The van der Waals surface area contributed by atoms with Crippen LogP contribution >= 0.6 is 0 Å². The monoisotopic (exact) mass is 249 g/mol. The van der Waals surface area contributed by atoms with Crippen LogP contribution in [0.4, 0.5) is 0 Å². The number of fused-ring (bicyclic) bond motifs is 4. The zero-order valence-corrected chi connectivity index (χ0v) is 10.4. The van der Waals surface area contributed by atoms with Gasteiger partial charge in [-0.1, -0.05) is 5.16 Å². The van der Waals surface area contributed by atoms with Gasteiger partial charge in [-0.2, -0.15) is 0 Å². The van der Waals surface area contributed by atoms with Crippen LogP contribution in [0.2, 0.25) is 0 Å². The van der Waals surface area contributed by atoms with Crippen LogP contribution in [-0.4, -0.2) is 27.4 Å². The summed E-state index contributed by atoms with van der Waals surface area (Å²) >= 11 is 0. The summed E-state index contributed by atoms with van der Waals surface area (Å²) in [4.78, 5) is 12.4. The lowest BCUT2D eigenvalue weighted by Gasteiger charge is -2.40. The molecule has 4 aliphatic rings. The number of oxime groups is 1. The minimum atomic E-state index is -1.12. The first-order valence-electron chi connectivity index (χ1n) is 7.14. The number of ketones is 1. The van der Waals surface area contributed by atoms with Gasteiger partial charge in [0.25, 0.3) is 0 Å². The molecule has 4 heteroatoms. The maximum absolute atomic E-state index is 12.4. The van der Waals surface area contributed by atoms with E-state index in [0.717, 1.165) is 38.5 Å². The molecular weight excluding hydrogens is 230 g/mol. The van der Waals surface area contributed by atoms with E-state index >= 15 is 0 Å². The molecule has 4 saturated carbocycles. The van der Waals surface area contributed by atoms with Gasteiger partial charge in [0.1, 0.15) is 11.4 Å². The second-order valence-electron chi connectivity index (χ2n) is 6.67. The Labute approximate surface area is 106 Å². The van der Waals surface area contributed by atoms with Gasteiger partial charge in [-0.15, -0.1) is 0 Å². The average Bonchev–Trinajstić information content (AvgIpc) is 3.06. The fraction of sp³-hybridized carbons (Fsp3) is 0.857. The van der Waals surface area contributed by atoms with Crippen LogP contribution in [-0.2, 0) is 4.79 Å². The lowest BCUT2D eigenvalue weighted by Crippen LogP contribution is -2.54. The van der Waals surface area contributed by atoms with E-state index in [-0.39, 0.29) is 29.5 Å². The van der Waals surface area contributed by atoms with Gasteiger partial charge in [0.2, 0.25) is 0 Å². The Morgan fingerprint density at radius 1 is 1.11 bits per heavy atom. The molecule has 18 heavy (non-hydrogen) atoms. The summed E-state index contributed by atoms with van der Waals surface area (Å²) in [6.07, 6.45) is 5.87. The third kappa shape index (κ3) is 1.06. The van der Waals surface area contributed by atoms with Crippen molar-refractivity contribution < 1.29 is 15.1 Å². The summed E-state index contributed by atoms with van der Waals surface area (Å²) in [5, 5.41) is 23.8. The standard InChI is InChI=1S/C14H19NO3/c16-12-8-2-1-7(5-8)11(12)14(17)10-4-3-9(6-10)13(14)15-18/h7-11,17-18H,1-6H2/b15-13-/t7-,8-,9-,10-,11-,14+/m0/s1. The quantitative estimate of drug-likeness (QED) is 0.547. The van der Waals surface area contributed by atoms with Gasteiger partial charge in [0.05, 0.1) is 11.6 Å². The number of carbonyl (C=O) groups is 1. The van der Waals surface area contributed by atoms with Gasteiger partial charge in [-0.05, 0) is 50.4 Å². The van der Waals surface area contributed by atoms with Crippen molar-refractivity contribution in [3.63, 3.8) is 0 Å². The minimum Gasteiger partial charge on any atom is -0.411 e. The Kier molecular flexibility index (Phi) is 2.04. The second kappa shape index (κ2) is 3.35. The number of Topliss-reactive ketones (excluding diaryl/α,β-unsaturated/α-hetero) is 1. The third-order valence-corrected chi connectivity index (χ3v) is 6.09. The van der Waals surface area contributed by atoms with Gasteiger partial charge in [0, 0.05) is 11.8 Å². The van der Waals surface area contributed by atoms with Gasteiger partial charge >= 0.3 is 0 Å². The Morgan fingerprint density at radius 2 is 1.89 bits per heavy atom. The molecule has 0 heterocycles. The molecule has 98 valence electrons. The largest absolute Gasteiger partial charge is 0.411 e. The second-order valence-corrected chi connectivity index (χ2v) is 6.67. The summed E-state index contributed by atoms with van der Waals surface area (Å²) in [5.41, 5.74) is -0.598. The molecule has 0 amide bonds. The Morgan fingerprint density at radius 3 is 2.56 bits per heavy atom. The maximum atomic E-state index is 12.4. The molecule has 4 aliphatic carbocycles. The summed E-state index contributed by atoms with van der Waals surface area (Å²) in [6.45, 7) is 0. The fourth-order valence-corrected chi connectivity index (χ4v) is 5.38. The van der Waals surface area contributed by atoms with Crippen molar-refractivity contribution in [3.8, 4) is 0 Å². The first kappa shape index (κ1) is 11.0. The van der Waals surface area contributed by atoms with E-state index in [2.05, 4.69) is 5.16 Å². The highest BCUT2D eigenvalue weighted by molar-refractivity contribution is 6.03. The van der Waals surface area contributed by atoms with Crippen molar-refractivity contribution in [2.45, 2.75) is 44.1 Å². The van der Waals surface area contributed by atoms with Crippen molar-refractivity contribution in [3.05, 3.63) is 0 Å². The Balaban J connectivity index is 1.77. The van der Waals surface area contributed by atoms with Crippen LogP contribution in [0.3, 0.4) is 0 Å². The first-order chi connectivity index (χ1) is 8.66. The van der Waals surface area contributed by atoms with Crippen LogP contribution in [0, 0.1) is 29.6 Å². The molecule has 0 radical (unpaired) electrons. The van der Waals surface area contributed by atoms with Crippen molar-refractivity contribution in [2.24, 2.45) is 34.7 Å². The van der Waals surface area contributed by atoms with Crippen molar-refractivity contribution >= 4 is 11.5 Å². The third-order valence-electron chi connectivity index (χ3n) is 6.09. The molecule has 0 aliphatic heterocycles. The van der Waals surface area contributed by atoms with Crippen molar-refractivity contribution in [2.75, 3.05) is 0 Å². The SMILES string of the molecule is O=C1[C@H]2CC[C@@H](C2)[C@@H]1[C@@]1(O)/C(=N\O)[C@H]2CC[C@H]1C2. The molecule has 0 aromatic rings. The van der Waals surface area contributed by atoms with Crippen LogP contribution in [0.1, 0.15) is 38.5 Å². The number of hydrogen-bond acceptors (Lipinski definition) is 4. The highest BCUT2D eigenvalue weighted by Gasteiger charge is 2.66. The van der Waals surface area contributed by atoms with E-state index in [1.807, 2.05) is 0 Å². The van der Waals surface area contributed by atoms with E-state index < -0.39 is 5.60 Å². The zero-order chi connectivity index (χ0) is 12.5. The molecule has 0 saturated heterocycles. The van der Waals surface area contributed by atoms with Gasteiger partial charge in [-0.25, -0.2) is 0 Å². The predicted molar refractivity (Wildman–Crippen MR) is 64.3 cm³/mol. The molecule has 0 spiro atoms. The summed E-state index contributed by atoms with van der Waals surface area (Å²) in [6, 6.07) is 0. The van der Waals surface area contributed by atoms with Crippen molar-refractivity contribution in [1.29, 1.82) is 0 Å². The molecule has 4 rings (SSSR count). The van der Waals surface area contributed by atoms with E-state index in [4.69, 9.17) is 0 Å². The highest BCUT2D eigenvalue weighted by atomic mass is 16.4. The summed E-state index contributed by atoms with van der Waals surface area (Å²) in [7, 11) is 0. The van der Waals surface area contributed by atoms with Crippen LogP contribution in [0.25, 0.3) is 0 Å². The molecule has 0 unspecified atom stereocenters. The molecule has 0 aromatic heterocycles. The van der Waals surface area contributed by atoms with E-state index in [1.165, 1.54) is 0 Å². The number of aliphatic hydroxyl groups is 1. The molecule has 0 aromatic carbocycles. The minimum absolute atomic E-state index is 0.140. The summed E-state index contributed by atoms with van der Waals surface area (Å²) in [5.74, 6) is 0.797. The molecule has 4 nitrogen and oxygen atoms in total. The highest BCUT2D eigenvalue weighted by Crippen LogP contribution is 2.59. The smallest absolute Gasteiger partial charge is 0.142 e. The molecule has 2 N–H and O–H groups in total. The fourth-order valence-electron chi connectivity index (χ4n) is 5.38. The van der Waals surface area contributed by atoms with Crippen LogP contribution in [0.15, 0.2) is 5.16 Å². The number of hydrogen-bond donors (Lipinski definition) is 2. The summed E-state index contributed by atoms with van der Waals surface area (Å²) < 4.78 is 0. The van der Waals surface area contributed by atoms with Gasteiger partial charge in [0.15, 0.2) is 0 Å². The van der Waals surface area contributed by atoms with E-state index in [1.54, 1.807) is 0 Å². The normalized spacial score (nSPS) is 55.9. The Hall–Kier alpha value is -0.900. The Bertz CT molecular complexity index is 446. The number of nitrogens with zero attached hydrogens (tertiary/aromatic N) is 1. The predicted octanol–water partition coefficient (Wildman–Crippen LogP) is 1.59. The van der Waals surface area contributed by atoms with Gasteiger partial charge in [-0.3, -0.25) is 4.79 Å². The molecule has 4 bridgehead atoms. The van der Waals surface area contributed by atoms with Crippen LogP contribution < -0.4 is 0 Å². The maximum Gasteiger partial charge on any atom is 0.142 e. The average molecular weight is 249 g/mol. The lowest BCUT2D eigenvalue weighted by molar-refractivity contribution is -0.134. The molecular formula is C14H19NO3. The van der Waals surface area contributed by atoms with E-state index in [9.17, 15) is 15.1 Å². The molecule has 4 fully saturated rings. The number of carbonyl (C=O) groups excluding carboxylic acids is 1. The zero-order valence-electron chi connectivity index (χ0n) is 10.4. The topological polar surface area (TPSA) is 69.9 Å². The van der Waals surface area contributed by atoms with Crippen LogP contribution in [0.5, 0.6) is 0 Å². The molecule has 6 atom stereocenters.